The number of ether oxygens (including phenoxy) is 2. The molecule has 0 spiro atoms. The molecule has 0 atom stereocenters. The fourth-order valence-corrected chi connectivity index (χ4v) is 5.22. The molecule has 0 aliphatic heterocycles. The summed E-state index contributed by atoms with van der Waals surface area (Å²) in [6.45, 7) is 4.31. The van der Waals surface area contributed by atoms with Crippen molar-refractivity contribution in [3.8, 4) is 39.4 Å². The van der Waals surface area contributed by atoms with Gasteiger partial charge in [0.2, 0.25) is 0 Å². The molecule has 4 aromatic carbocycles. The summed E-state index contributed by atoms with van der Waals surface area (Å²) in [4.78, 5) is 11.6. The van der Waals surface area contributed by atoms with Crippen LogP contribution in [0.5, 0.6) is 11.5 Å². The summed E-state index contributed by atoms with van der Waals surface area (Å²) in [5, 5.41) is 6.33. The Hall–Kier alpha value is -4.09. The van der Waals surface area contributed by atoms with Crippen LogP contribution in [0.1, 0.15) is 28.4 Å². The molecule has 1 aromatic heterocycles. The molecule has 0 fully saturated rings. The van der Waals surface area contributed by atoms with Crippen LogP contribution in [0.25, 0.3) is 38.8 Å². The Morgan fingerprint density at radius 3 is 2.24 bits per heavy atom. The van der Waals surface area contributed by atoms with E-state index in [1.165, 1.54) is 25.3 Å². The van der Waals surface area contributed by atoms with E-state index < -0.39 is 0 Å². The van der Waals surface area contributed by atoms with Gasteiger partial charge in [0.15, 0.2) is 6.29 Å². The second-order valence-corrected chi connectivity index (χ2v) is 9.22. The van der Waals surface area contributed by atoms with E-state index >= 15 is 0 Å². The number of carbonyl (C=O) groups is 1. The highest BCUT2D eigenvalue weighted by molar-refractivity contribution is 6.36. The zero-order valence-electron chi connectivity index (χ0n) is 21.2. The minimum atomic E-state index is 0.358. The number of benzene rings is 4. The smallest absolute Gasteiger partial charge is 0.157 e. The topological polar surface area (TPSA) is 53.4 Å². The maximum atomic E-state index is 11.6. The van der Waals surface area contributed by atoms with Gasteiger partial charge in [-0.05, 0) is 41.7 Å². The highest BCUT2D eigenvalue weighted by atomic mass is 35.5. The van der Waals surface area contributed by atoms with Gasteiger partial charge in [-0.15, -0.1) is 0 Å². The number of fused-ring (bicyclic) bond motifs is 1. The van der Waals surface area contributed by atoms with Crippen LogP contribution in [0.4, 0.5) is 0 Å². The Bertz CT molecular complexity index is 1610. The molecule has 5 rings (SSSR count). The van der Waals surface area contributed by atoms with Gasteiger partial charge in [0.05, 0.1) is 42.2 Å². The van der Waals surface area contributed by atoms with Crippen LogP contribution in [0.3, 0.4) is 0 Å². The zero-order valence-corrected chi connectivity index (χ0v) is 22.0. The molecule has 1 heterocycles. The number of hydrogen-bond acceptors (Lipinski definition) is 4. The van der Waals surface area contributed by atoms with Gasteiger partial charge in [-0.2, -0.15) is 5.10 Å². The fourth-order valence-electron chi connectivity index (χ4n) is 4.88. The van der Waals surface area contributed by atoms with Gasteiger partial charge >= 0.3 is 0 Å². The molecule has 0 bridgehead atoms. The Morgan fingerprint density at radius 2 is 1.59 bits per heavy atom. The number of nitrogens with zero attached hydrogens (tertiary/aromatic N) is 2. The molecule has 37 heavy (non-hydrogen) atoms. The van der Waals surface area contributed by atoms with Crippen LogP contribution in [-0.4, -0.2) is 30.3 Å². The molecule has 5 nitrogen and oxygen atoms in total. The standard InChI is InChI=1S/C31H27ClN2O3/c1-5-20-12-13-21(14-19(20)2)23-8-6-10-25(31(23)32)24-9-7-11-28-26(24)17-33-34(28)22-15-29(36-3)27(18-35)30(16-22)37-4/h6-18H,5H2,1-4H3. The molecular weight excluding hydrogens is 484 g/mol. The summed E-state index contributed by atoms with van der Waals surface area (Å²) in [7, 11) is 3.05. The molecule has 186 valence electrons. The van der Waals surface area contributed by atoms with E-state index in [0.29, 0.717) is 22.1 Å². The number of aryl methyl sites for hydroxylation is 2. The largest absolute Gasteiger partial charge is 0.496 e. The van der Waals surface area contributed by atoms with Crippen LogP contribution in [-0.2, 0) is 6.42 Å². The van der Waals surface area contributed by atoms with E-state index in [0.717, 1.165) is 51.6 Å². The lowest BCUT2D eigenvalue weighted by atomic mass is 9.94. The number of hydrogen-bond donors (Lipinski definition) is 0. The number of aromatic nitrogens is 2. The van der Waals surface area contributed by atoms with Gasteiger partial charge in [0.1, 0.15) is 11.5 Å². The van der Waals surface area contributed by atoms with Crippen molar-refractivity contribution < 1.29 is 14.3 Å². The molecule has 0 radical (unpaired) electrons. The maximum Gasteiger partial charge on any atom is 0.157 e. The van der Waals surface area contributed by atoms with Gasteiger partial charge in [0, 0.05) is 28.6 Å². The number of rotatable bonds is 7. The highest BCUT2D eigenvalue weighted by Gasteiger charge is 2.18. The average Bonchev–Trinajstić information content (AvgIpc) is 3.37. The normalized spacial score (nSPS) is 11.1. The van der Waals surface area contributed by atoms with Gasteiger partial charge in [-0.1, -0.05) is 67.1 Å². The van der Waals surface area contributed by atoms with Crippen molar-refractivity contribution in [1.29, 1.82) is 0 Å². The van der Waals surface area contributed by atoms with Gasteiger partial charge in [-0.3, -0.25) is 4.79 Å². The first kappa shape index (κ1) is 24.6. The summed E-state index contributed by atoms with van der Waals surface area (Å²) in [6, 6.07) is 22.3. The first-order valence-corrected chi connectivity index (χ1v) is 12.5. The number of methoxy groups -OCH3 is 2. The fraction of sp³-hybridized carbons (Fsp3) is 0.161. The van der Waals surface area contributed by atoms with Crippen molar-refractivity contribution in [3.05, 3.63) is 94.6 Å². The summed E-state index contributed by atoms with van der Waals surface area (Å²) in [5.74, 6) is 0.841. The van der Waals surface area contributed by atoms with Crippen molar-refractivity contribution in [2.24, 2.45) is 0 Å². The third-order valence-electron chi connectivity index (χ3n) is 6.83. The van der Waals surface area contributed by atoms with Crippen molar-refractivity contribution in [3.63, 3.8) is 0 Å². The van der Waals surface area contributed by atoms with Gasteiger partial charge in [-0.25, -0.2) is 4.68 Å². The Kier molecular flexibility index (Phi) is 6.72. The number of halogens is 1. The van der Waals surface area contributed by atoms with E-state index in [-0.39, 0.29) is 0 Å². The van der Waals surface area contributed by atoms with Crippen LogP contribution < -0.4 is 9.47 Å². The van der Waals surface area contributed by atoms with Crippen molar-refractivity contribution >= 4 is 28.8 Å². The Labute approximate surface area is 221 Å². The van der Waals surface area contributed by atoms with Crippen LogP contribution in [0, 0.1) is 6.92 Å². The van der Waals surface area contributed by atoms with Crippen molar-refractivity contribution in [2.45, 2.75) is 20.3 Å². The number of aldehydes is 1. The van der Waals surface area contributed by atoms with Crippen LogP contribution >= 0.6 is 11.6 Å². The third kappa shape index (κ3) is 4.25. The van der Waals surface area contributed by atoms with E-state index in [1.54, 1.807) is 12.1 Å². The molecule has 0 saturated heterocycles. The first-order chi connectivity index (χ1) is 18.0. The maximum absolute atomic E-state index is 11.6. The predicted octanol–water partition coefficient (Wildman–Crippen LogP) is 7.71. The number of carbonyl (C=O) groups excluding carboxylic acids is 1. The van der Waals surface area contributed by atoms with E-state index in [4.69, 9.17) is 21.1 Å². The molecule has 5 aromatic rings. The van der Waals surface area contributed by atoms with E-state index in [1.807, 2.05) is 35.1 Å². The summed E-state index contributed by atoms with van der Waals surface area (Å²) >= 11 is 7.05. The van der Waals surface area contributed by atoms with Gasteiger partial charge < -0.3 is 9.47 Å². The molecule has 6 heteroatoms. The second kappa shape index (κ2) is 10.1. The Morgan fingerprint density at radius 1 is 0.919 bits per heavy atom. The van der Waals surface area contributed by atoms with Crippen LogP contribution in [0.15, 0.2) is 72.9 Å². The lowest BCUT2D eigenvalue weighted by molar-refractivity contribution is 0.111. The minimum Gasteiger partial charge on any atom is -0.496 e. The molecular formula is C31H27ClN2O3. The van der Waals surface area contributed by atoms with Crippen LogP contribution in [0.2, 0.25) is 5.02 Å². The second-order valence-electron chi connectivity index (χ2n) is 8.84. The molecule has 0 saturated carbocycles. The molecule has 0 amide bonds. The van der Waals surface area contributed by atoms with Crippen molar-refractivity contribution in [1.82, 2.24) is 9.78 Å². The lowest BCUT2D eigenvalue weighted by Gasteiger charge is -2.14. The van der Waals surface area contributed by atoms with E-state index in [2.05, 4.69) is 49.3 Å². The lowest BCUT2D eigenvalue weighted by Crippen LogP contribution is -2.01. The third-order valence-corrected chi connectivity index (χ3v) is 7.24. The minimum absolute atomic E-state index is 0.358. The van der Waals surface area contributed by atoms with Gasteiger partial charge in [0.25, 0.3) is 0 Å². The molecule has 0 aliphatic rings. The molecule has 0 N–H and O–H groups in total. The highest BCUT2D eigenvalue weighted by Crippen LogP contribution is 2.40. The molecule has 0 aliphatic carbocycles. The summed E-state index contributed by atoms with van der Waals surface area (Å²) in [5.41, 5.74) is 8.58. The summed E-state index contributed by atoms with van der Waals surface area (Å²) in [6.07, 6.45) is 3.56. The average molecular weight is 511 g/mol. The monoisotopic (exact) mass is 510 g/mol. The summed E-state index contributed by atoms with van der Waals surface area (Å²) < 4.78 is 12.7. The zero-order chi connectivity index (χ0) is 26.1. The predicted molar refractivity (Wildman–Crippen MR) is 150 cm³/mol. The SMILES string of the molecule is CCc1ccc(-c2cccc(-c3cccc4c3cnn4-c3cc(OC)c(C=O)c(OC)c3)c2Cl)cc1C. The molecule has 0 unspecified atom stereocenters. The quantitative estimate of drug-likeness (QED) is 0.210. The van der Waals surface area contributed by atoms with E-state index in [9.17, 15) is 4.79 Å². The van der Waals surface area contributed by atoms with Crippen molar-refractivity contribution in [2.75, 3.05) is 14.2 Å². The first-order valence-electron chi connectivity index (χ1n) is 12.1. The Balaban J connectivity index is 1.65.